The molecule has 2 aromatic rings. The van der Waals surface area contributed by atoms with Crippen LogP contribution in [-0.4, -0.2) is 5.84 Å². The monoisotopic (exact) mass is 280 g/mol. The Morgan fingerprint density at radius 2 is 2.00 bits per heavy atom. The number of amidine groups is 1. The zero-order valence-corrected chi connectivity index (χ0v) is 10.9. The van der Waals surface area contributed by atoms with Gasteiger partial charge in [-0.05, 0) is 36.4 Å². The van der Waals surface area contributed by atoms with Gasteiger partial charge in [0, 0.05) is 20.4 Å². The Kier molecular flexibility index (Phi) is 3.89. The molecule has 5 heteroatoms. The van der Waals surface area contributed by atoms with Gasteiger partial charge in [-0.25, -0.2) is 4.39 Å². The van der Waals surface area contributed by atoms with E-state index < -0.39 is 0 Å². The van der Waals surface area contributed by atoms with Crippen molar-refractivity contribution in [2.45, 2.75) is 9.79 Å². The minimum Gasteiger partial charge on any atom is -0.384 e. The second kappa shape index (κ2) is 5.42. The van der Waals surface area contributed by atoms with Crippen LogP contribution in [0.4, 0.5) is 4.39 Å². The van der Waals surface area contributed by atoms with Crippen LogP contribution in [0.25, 0.3) is 0 Å². The molecular formula is C13H10ClFN2S. The molecule has 18 heavy (non-hydrogen) atoms. The quantitative estimate of drug-likeness (QED) is 0.661. The SMILES string of the molecule is N=C(N)c1cc(Cl)ccc1Sc1cccc(F)c1. The van der Waals surface area contributed by atoms with Crippen LogP contribution in [0.3, 0.4) is 0 Å². The second-order valence-electron chi connectivity index (χ2n) is 3.61. The summed E-state index contributed by atoms with van der Waals surface area (Å²) < 4.78 is 13.1. The first kappa shape index (κ1) is 12.9. The molecule has 2 nitrogen and oxygen atoms in total. The molecule has 0 unspecified atom stereocenters. The number of nitrogens with two attached hydrogens (primary N) is 1. The lowest BCUT2D eigenvalue weighted by Gasteiger charge is -2.08. The molecule has 2 aromatic carbocycles. The van der Waals surface area contributed by atoms with E-state index in [9.17, 15) is 4.39 Å². The Hall–Kier alpha value is -1.52. The predicted octanol–water partition coefficient (Wildman–Crippen LogP) is 3.91. The summed E-state index contributed by atoms with van der Waals surface area (Å²) in [7, 11) is 0. The standard InChI is InChI=1S/C13H10ClFN2S/c14-8-4-5-12(11(6-8)13(16)17)18-10-3-1-2-9(15)7-10/h1-7H,(H3,16,17). The Morgan fingerprint density at radius 1 is 1.22 bits per heavy atom. The summed E-state index contributed by atoms with van der Waals surface area (Å²) in [5.41, 5.74) is 6.06. The molecule has 0 amide bonds. The van der Waals surface area contributed by atoms with Crippen LogP contribution in [0.5, 0.6) is 0 Å². The molecule has 0 heterocycles. The minimum absolute atomic E-state index is 0.0589. The molecule has 0 aliphatic carbocycles. The summed E-state index contributed by atoms with van der Waals surface area (Å²) in [6.07, 6.45) is 0. The van der Waals surface area contributed by atoms with Gasteiger partial charge in [0.2, 0.25) is 0 Å². The Bertz CT molecular complexity index is 601. The Balaban J connectivity index is 2.37. The van der Waals surface area contributed by atoms with Crippen LogP contribution in [0.1, 0.15) is 5.56 Å². The predicted molar refractivity (Wildman–Crippen MR) is 73.0 cm³/mol. The van der Waals surface area contributed by atoms with Crippen LogP contribution in [0.2, 0.25) is 5.02 Å². The smallest absolute Gasteiger partial charge is 0.124 e. The maximum Gasteiger partial charge on any atom is 0.124 e. The summed E-state index contributed by atoms with van der Waals surface area (Å²) >= 11 is 7.21. The lowest BCUT2D eigenvalue weighted by atomic mass is 10.2. The van der Waals surface area contributed by atoms with Gasteiger partial charge in [0.15, 0.2) is 0 Å². The summed E-state index contributed by atoms with van der Waals surface area (Å²) in [4.78, 5) is 1.53. The summed E-state index contributed by atoms with van der Waals surface area (Å²) in [6, 6.07) is 11.4. The molecule has 0 saturated heterocycles. The van der Waals surface area contributed by atoms with Crippen molar-refractivity contribution in [1.82, 2.24) is 0 Å². The largest absolute Gasteiger partial charge is 0.384 e. The molecule has 0 fully saturated rings. The first-order valence-electron chi connectivity index (χ1n) is 5.13. The average molecular weight is 281 g/mol. The van der Waals surface area contributed by atoms with Gasteiger partial charge in [0.05, 0.1) is 0 Å². The highest BCUT2D eigenvalue weighted by atomic mass is 35.5. The van der Waals surface area contributed by atoms with Gasteiger partial charge < -0.3 is 5.73 Å². The average Bonchev–Trinajstić information content (AvgIpc) is 2.31. The Morgan fingerprint density at radius 3 is 2.67 bits per heavy atom. The third kappa shape index (κ3) is 3.03. The molecule has 0 aliphatic rings. The van der Waals surface area contributed by atoms with Crippen molar-refractivity contribution >= 4 is 29.2 Å². The molecule has 92 valence electrons. The molecule has 3 N–H and O–H groups in total. The van der Waals surface area contributed by atoms with Gasteiger partial charge in [-0.3, -0.25) is 5.41 Å². The van der Waals surface area contributed by atoms with Gasteiger partial charge in [-0.15, -0.1) is 0 Å². The van der Waals surface area contributed by atoms with E-state index in [1.54, 1.807) is 30.3 Å². The van der Waals surface area contributed by atoms with E-state index in [0.717, 1.165) is 9.79 Å². The summed E-state index contributed by atoms with van der Waals surface area (Å²) in [6.45, 7) is 0. The number of nitrogens with one attached hydrogen (secondary N) is 1. The molecule has 0 bridgehead atoms. The van der Waals surface area contributed by atoms with Gasteiger partial charge >= 0.3 is 0 Å². The maximum atomic E-state index is 13.1. The van der Waals surface area contributed by atoms with Crippen molar-refractivity contribution in [3.63, 3.8) is 0 Å². The number of halogens is 2. The van der Waals surface area contributed by atoms with E-state index in [1.807, 2.05) is 0 Å². The lowest BCUT2D eigenvalue weighted by Crippen LogP contribution is -2.12. The van der Waals surface area contributed by atoms with Crippen molar-refractivity contribution in [3.8, 4) is 0 Å². The van der Waals surface area contributed by atoms with E-state index in [0.29, 0.717) is 10.6 Å². The fourth-order valence-electron chi connectivity index (χ4n) is 1.46. The van der Waals surface area contributed by atoms with Gasteiger partial charge in [-0.2, -0.15) is 0 Å². The highest BCUT2D eigenvalue weighted by Gasteiger charge is 2.08. The first-order valence-corrected chi connectivity index (χ1v) is 6.33. The molecular weight excluding hydrogens is 271 g/mol. The van der Waals surface area contributed by atoms with E-state index in [4.69, 9.17) is 22.7 Å². The third-order valence-electron chi connectivity index (χ3n) is 2.26. The van der Waals surface area contributed by atoms with Crippen LogP contribution in [0, 0.1) is 11.2 Å². The van der Waals surface area contributed by atoms with Crippen LogP contribution < -0.4 is 5.73 Å². The minimum atomic E-state index is -0.293. The number of rotatable bonds is 3. The summed E-state index contributed by atoms with van der Waals surface area (Å²) in [5, 5.41) is 8.03. The van der Waals surface area contributed by atoms with Crippen molar-refractivity contribution in [2.24, 2.45) is 5.73 Å². The van der Waals surface area contributed by atoms with Crippen molar-refractivity contribution in [2.75, 3.05) is 0 Å². The van der Waals surface area contributed by atoms with Crippen LogP contribution in [0.15, 0.2) is 52.3 Å². The number of benzene rings is 2. The molecule has 0 aliphatic heterocycles. The van der Waals surface area contributed by atoms with E-state index in [-0.39, 0.29) is 11.7 Å². The third-order valence-corrected chi connectivity index (χ3v) is 3.56. The molecule has 0 saturated carbocycles. The molecule has 2 rings (SSSR count). The van der Waals surface area contributed by atoms with Gasteiger partial charge in [-0.1, -0.05) is 29.4 Å². The van der Waals surface area contributed by atoms with E-state index in [2.05, 4.69) is 0 Å². The van der Waals surface area contributed by atoms with Crippen LogP contribution in [-0.2, 0) is 0 Å². The fourth-order valence-corrected chi connectivity index (χ4v) is 2.62. The van der Waals surface area contributed by atoms with Crippen molar-refractivity contribution in [1.29, 1.82) is 5.41 Å². The van der Waals surface area contributed by atoms with Crippen molar-refractivity contribution in [3.05, 3.63) is 58.9 Å². The molecule has 0 spiro atoms. The lowest BCUT2D eigenvalue weighted by molar-refractivity contribution is 0.624. The molecule has 0 radical (unpaired) electrons. The first-order chi connectivity index (χ1) is 8.56. The van der Waals surface area contributed by atoms with Gasteiger partial charge in [0.25, 0.3) is 0 Å². The highest BCUT2D eigenvalue weighted by Crippen LogP contribution is 2.32. The highest BCUT2D eigenvalue weighted by molar-refractivity contribution is 7.99. The van der Waals surface area contributed by atoms with E-state index >= 15 is 0 Å². The number of nitrogen functional groups attached to an aromatic ring is 1. The number of hydrogen-bond donors (Lipinski definition) is 2. The van der Waals surface area contributed by atoms with Crippen molar-refractivity contribution < 1.29 is 4.39 Å². The Labute approximate surface area is 113 Å². The van der Waals surface area contributed by atoms with Gasteiger partial charge in [0.1, 0.15) is 11.7 Å². The van der Waals surface area contributed by atoms with Crippen LogP contribution >= 0.6 is 23.4 Å². The fraction of sp³-hybridized carbons (Fsp3) is 0. The number of hydrogen-bond acceptors (Lipinski definition) is 2. The second-order valence-corrected chi connectivity index (χ2v) is 5.17. The van der Waals surface area contributed by atoms with E-state index in [1.165, 1.54) is 23.9 Å². The topological polar surface area (TPSA) is 49.9 Å². The molecule has 0 aromatic heterocycles. The maximum absolute atomic E-state index is 13.1. The zero-order chi connectivity index (χ0) is 13.1. The zero-order valence-electron chi connectivity index (χ0n) is 9.28. The normalized spacial score (nSPS) is 10.3. The summed E-state index contributed by atoms with van der Waals surface area (Å²) in [5.74, 6) is -0.352. The molecule has 0 atom stereocenters.